The molecule has 36 heavy (non-hydrogen) atoms. The minimum absolute atomic E-state index is 0.0343. The third-order valence-electron chi connectivity index (χ3n) is 5.82. The van der Waals surface area contributed by atoms with Gasteiger partial charge >= 0.3 is 12.1 Å². The van der Waals surface area contributed by atoms with Gasteiger partial charge in [-0.1, -0.05) is 20.8 Å². The van der Waals surface area contributed by atoms with Gasteiger partial charge in [0, 0.05) is 18.0 Å². The first-order valence-corrected chi connectivity index (χ1v) is 11.8. The van der Waals surface area contributed by atoms with Gasteiger partial charge in [0.2, 0.25) is 11.8 Å². The first kappa shape index (κ1) is 27.0. The number of nitrogens with zero attached hydrogens (tertiary/aromatic N) is 2. The number of aliphatic carboxylic acids is 1. The number of fused-ring (bicyclic) bond motifs is 1. The Labute approximate surface area is 210 Å². The number of alkyl carbamates (subject to hydrolysis) is 1. The highest BCUT2D eigenvalue weighted by atomic mass is 16.6. The average Bonchev–Trinajstić information content (AvgIpc) is 3.19. The number of amides is 2. The Morgan fingerprint density at radius 1 is 1.14 bits per heavy atom. The number of nitrogens with one attached hydrogen (secondary N) is 1. The van der Waals surface area contributed by atoms with Crippen molar-refractivity contribution in [2.45, 2.75) is 71.8 Å². The molecule has 0 spiro atoms. The Bertz CT molecular complexity index is 1140. The summed E-state index contributed by atoms with van der Waals surface area (Å²) < 4.78 is 16.7. The molecule has 0 unspecified atom stereocenters. The van der Waals surface area contributed by atoms with Crippen LogP contribution >= 0.6 is 0 Å². The second kappa shape index (κ2) is 10.2. The number of hydrogen-bond acceptors (Lipinski definition) is 7. The van der Waals surface area contributed by atoms with Gasteiger partial charge < -0.3 is 29.5 Å². The first-order valence-electron chi connectivity index (χ1n) is 11.8. The van der Waals surface area contributed by atoms with Gasteiger partial charge in [-0.3, -0.25) is 4.79 Å². The molecule has 0 saturated carbocycles. The van der Waals surface area contributed by atoms with Crippen molar-refractivity contribution >= 4 is 28.7 Å². The molecule has 10 heteroatoms. The number of carboxylic acid groups (broad SMARTS) is 1. The first-order chi connectivity index (χ1) is 16.7. The molecule has 2 heterocycles. The molecule has 1 aromatic carbocycles. The zero-order valence-electron chi connectivity index (χ0n) is 21.8. The van der Waals surface area contributed by atoms with Crippen LogP contribution in [0.5, 0.6) is 11.6 Å². The van der Waals surface area contributed by atoms with E-state index in [0.717, 1.165) is 10.8 Å². The topological polar surface area (TPSA) is 127 Å². The van der Waals surface area contributed by atoms with E-state index in [1.54, 1.807) is 60.9 Å². The van der Waals surface area contributed by atoms with Crippen LogP contribution in [-0.4, -0.2) is 70.4 Å². The third-order valence-corrected chi connectivity index (χ3v) is 5.82. The van der Waals surface area contributed by atoms with Crippen LogP contribution < -0.4 is 14.8 Å². The van der Waals surface area contributed by atoms with Crippen LogP contribution in [0.4, 0.5) is 4.79 Å². The molecule has 1 saturated heterocycles. The summed E-state index contributed by atoms with van der Waals surface area (Å²) in [6.45, 7) is 10.6. The van der Waals surface area contributed by atoms with Crippen LogP contribution in [-0.2, 0) is 14.3 Å². The summed E-state index contributed by atoms with van der Waals surface area (Å²) in [4.78, 5) is 43.7. The molecule has 1 fully saturated rings. The van der Waals surface area contributed by atoms with Crippen molar-refractivity contribution in [1.82, 2.24) is 15.2 Å². The SMILES string of the molecule is COc1ccc2c(O[C@@H]3C[C@@H](C(=O)O)N(C(=O)[C@@H](NC(=O)OC(C)(C)C)C(C)(C)C)C3)nccc2c1. The molecule has 0 bridgehead atoms. The summed E-state index contributed by atoms with van der Waals surface area (Å²) in [5.41, 5.74) is -1.45. The van der Waals surface area contributed by atoms with Crippen LogP contribution in [0.15, 0.2) is 30.5 Å². The normalized spacial score (nSPS) is 19.0. The Balaban J connectivity index is 1.83. The molecular weight excluding hydrogens is 466 g/mol. The summed E-state index contributed by atoms with van der Waals surface area (Å²) in [7, 11) is 1.58. The summed E-state index contributed by atoms with van der Waals surface area (Å²) in [6.07, 6.45) is 0.338. The zero-order valence-corrected chi connectivity index (χ0v) is 21.8. The van der Waals surface area contributed by atoms with Gasteiger partial charge in [-0.05, 0) is 55.8 Å². The van der Waals surface area contributed by atoms with E-state index >= 15 is 0 Å². The summed E-state index contributed by atoms with van der Waals surface area (Å²) in [5, 5.41) is 14.1. The lowest BCUT2D eigenvalue weighted by Crippen LogP contribution is -2.57. The maximum Gasteiger partial charge on any atom is 0.408 e. The number of aromatic nitrogens is 1. The van der Waals surface area contributed by atoms with E-state index in [9.17, 15) is 19.5 Å². The van der Waals surface area contributed by atoms with Crippen LogP contribution in [0, 0.1) is 5.41 Å². The third kappa shape index (κ3) is 6.35. The molecule has 1 aliphatic rings. The molecule has 0 aliphatic carbocycles. The second-order valence-corrected chi connectivity index (χ2v) is 11.0. The monoisotopic (exact) mass is 501 g/mol. The van der Waals surface area contributed by atoms with Crippen LogP contribution in [0.2, 0.25) is 0 Å². The zero-order chi connectivity index (χ0) is 26.8. The summed E-state index contributed by atoms with van der Waals surface area (Å²) in [5.74, 6) is -0.621. The molecule has 3 rings (SSSR count). The number of carboxylic acids is 1. The Kier molecular flexibility index (Phi) is 7.66. The van der Waals surface area contributed by atoms with Gasteiger partial charge in [0.1, 0.15) is 29.5 Å². The number of carbonyl (C=O) groups excluding carboxylic acids is 2. The average molecular weight is 502 g/mol. The molecule has 2 N–H and O–H groups in total. The van der Waals surface area contributed by atoms with Gasteiger partial charge in [0.25, 0.3) is 0 Å². The fraction of sp³-hybridized carbons (Fsp3) is 0.538. The van der Waals surface area contributed by atoms with E-state index in [2.05, 4.69) is 10.3 Å². The Morgan fingerprint density at radius 3 is 2.42 bits per heavy atom. The molecule has 0 radical (unpaired) electrons. The van der Waals surface area contributed by atoms with Crippen LogP contribution in [0.3, 0.4) is 0 Å². The van der Waals surface area contributed by atoms with Crippen molar-refractivity contribution in [3.8, 4) is 11.6 Å². The van der Waals surface area contributed by atoms with Crippen LogP contribution in [0.1, 0.15) is 48.0 Å². The van der Waals surface area contributed by atoms with Crippen molar-refractivity contribution < 1.29 is 33.7 Å². The summed E-state index contributed by atoms with van der Waals surface area (Å²) in [6, 6.07) is 5.18. The molecule has 1 aromatic heterocycles. The van der Waals surface area contributed by atoms with E-state index < -0.39 is 47.2 Å². The van der Waals surface area contributed by atoms with E-state index in [-0.39, 0.29) is 13.0 Å². The van der Waals surface area contributed by atoms with Gasteiger partial charge in [-0.15, -0.1) is 0 Å². The molecule has 3 atom stereocenters. The predicted molar refractivity (Wildman–Crippen MR) is 133 cm³/mol. The minimum Gasteiger partial charge on any atom is -0.497 e. The lowest BCUT2D eigenvalue weighted by molar-refractivity contribution is -0.150. The van der Waals surface area contributed by atoms with E-state index in [0.29, 0.717) is 11.6 Å². The van der Waals surface area contributed by atoms with Crippen molar-refractivity contribution in [2.24, 2.45) is 5.41 Å². The minimum atomic E-state index is -1.14. The van der Waals surface area contributed by atoms with Crippen molar-refractivity contribution in [1.29, 1.82) is 0 Å². The predicted octanol–water partition coefficient (Wildman–Crippen LogP) is 3.62. The highest BCUT2D eigenvalue weighted by Gasteiger charge is 2.46. The number of hydrogen-bond donors (Lipinski definition) is 2. The number of benzene rings is 1. The number of methoxy groups -OCH3 is 1. The molecule has 196 valence electrons. The lowest BCUT2D eigenvalue weighted by Gasteiger charge is -2.35. The summed E-state index contributed by atoms with van der Waals surface area (Å²) >= 11 is 0. The van der Waals surface area contributed by atoms with Crippen molar-refractivity contribution in [3.63, 3.8) is 0 Å². The number of carbonyl (C=O) groups is 3. The van der Waals surface area contributed by atoms with Gasteiger partial charge in [0.05, 0.1) is 13.7 Å². The number of rotatable bonds is 6. The standard InChI is InChI=1S/C26H35N3O7/c1-25(2,3)20(28-24(33)36-26(4,5)6)22(30)29-14-17(13-19(29)23(31)32)35-21-18-9-8-16(34-7)12-15(18)10-11-27-21/h8-12,17,19-20H,13-14H2,1-7H3,(H,28,33)(H,31,32)/t17-,19+,20-/m1/s1. The van der Waals surface area contributed by atoms with Gasteiger partial charge in [-0.25, -0.2) is 14.6 Å². The smallest absolute Gasteiger partial charge is 0.408 e. The Morgan fingerprint density at radius 2 is 1.83 bits per heavy atom. The maximum absolute atomic E-state index is 13.6. The van der Waals surface area contributed by atoms with Crippen LogP contribution in [0.25, 0.3) is 10.8 Å². The molecular formula is C26H35N3O7. The maximum atomic E-state index is 13.6. The number of likely N-dealkylation sites (tertiary alicyclic amines) is 1. The second-order valence-electron chi connectivity index (χ2n) is 11.0. The number of pyridine rings is 1. The fourth-order valence-corrected chi connectivity index (χ4v) is 4.11. The molecule has 10 nitrogen and oxygen atoms in total. The van der Waals surface area contributed by atoms with Gasteiger partial charge in [-0.2, -0.15) is 0 Å². The fourth-order valence-electron chi connectivity index (χ4n) is 4.11. The Hall–Kier alpha value is -3.56. The molecule has 2 amide bonds. The molecule has 2 aromatic rings. The van der Waals surface area contributed by atoms with E-state index in [1.807, 2.05) is 18.2 Å². The van der Waals surface area contributed by atoms with E-state index in [4.69, 9.17) is 14.2 Å². The largest absolute Gasteiger partial charge is 0.497 e. The number of ether oxygens (including phenoxy) is 3. The highest BCUT2D eigenvalue weighted by molar-refractivity contribution is 5.91. The van der Waals surface area contributed by atoms with Crippen molar-refractivity contribution in [3.05, 3.63) is 30.5 Å². The van der Waals surface area contributed by atoms with Crippen molar-refractivity contribution in [2.75, 3.05) is 13.7 Å². The molecule has 1 aliphatic heterocycles. The quantitative estimate of drug-likeness (QED) is 0.615. The van der Waals surface area contributed by atoms with E-state index in [1.165, 1.54) is 4.90 Å². The van der Waals surface area contributed by atoms with Gasteiger partial charge in [0.15, 0.2) is 0 Å². The highest BCUT2D eigenvalue weighted by Crippen LogP contribution is 2.31. The lowest BCUT2D eigenvalue weighted by atomic mass is 9.85.